The number of phenolic OH excluding ortho intramolecular Hbond substituents is 1. The van der Waals surface area contributed by atoms with Crippen LogP contribution in [0.2, 0.25) is 0 Å². The minimum atomic E-state index is -1.07. The Balaban J connectivity index is 1.58. The molecule has 0 aromatic heterocycles. The van der Waals surface area contributed by atoms with Crippen LogP contribution in [0.4, 0.5) is 0 Å². The van der Waals surface area contributed by atoms with Crippen molar-refractivity contribution in [1.82, 2.24) is 15.1 Å². The van der Waals surface area contributed by atoms with Gasteiger partial charge in [0, 0.05) is 48.6 Å². The van der Waals surface area contributed by atoms with Gasteiger partial charge >= 0.3 is 0 Å². The van der Waals surface area contributed by atoms with E-state index in [1.165, 1.54) is 0 Å². The third kappa shape index (κ3) is 5.20. The number of likely N-dealkylation sites (tertiary alicyclic amines) is 2. The largest absolute Gasteiger partial charge is 0.508 e. The van der Waals surface area contributed by atoms with Crippen LogP contribution in [0.1, 0.15) is 75.0 Å². The molecule has 1 saturated carbocycles. The molecule has 38 heavy (non-hydrogen) atoms. The van der Waals surface area contributed by atoms with Crippen molar-refractivity contribution >= 4 is 33.7 Å². The monoisotopic (exact) mass is 581 g/mol. The predicted molar refractivity (Wildman–Crippen MR) is 148 cm³/mol. The first-order valence-corrected chi connectivity index (χ1v) is 14.6. The van der Waals surface area contributed by atoms with Gasteiger partial charge in [0.1, 0.15) is 5.75 Å². The number of hydrogen-bond acceptors (Lipinski definition) is 4. The van der Waals surface area contributed by atoms with Gasteiger partial charge in [-0.05, 0) is 55.9 Å². The van der Waals surface area contributed by atoms with E-state index in [2.05, 4.69) is 21.2 Å². The Morgan fingerprint density at radius 1 is 1.00 bits per heavy atom. The molecule has 202 valence electrons. The Morgan fingerprint density at radius 3 is 2.47 bits per heavy atom. The normalized spacial score (nSPS) is 24.3. The number of carbonyl (C=O) groups excluding carboxylic acids is 3. The summed E-state index contributed by atoms with van der Waals surface area (Å²) < 4.78 is 0.768. The minimum absolute atomic E-state index is 0.0395. The highest BCUT2D eigenvalue weighted by molar-refractivity contribution is 9.10. The fourth-order valence-electron chi connectivity index (χ4n) is 6.59. The molecule has 2 atom stereocenters. The molecule has 5 rings (SSSR count). The smallest absolute Gasteiger partial charge is 0.233 e. The zero-order valence-electron chi connectivity index (χ0n) is 21.7. The van der Waals surface area contributed by atoms with Gasteiger partial charge in [-0.2, -0.15) is 0 Å². The van der Waals surface area contributed by atoms with E-state index in [0.29, 0.717) is 37.9 Å². The summed E-state index contributed by atoms with van der Waals surface area (Å²) in [7, 11) is 0. The van der Waals surface area contributed by atoms with E-state index in [0.717, 1.165) is 48.7 Å². The van der Waals surface area contributed by atoms with Crippen molar-refractivity contribution in [2.75, 3.05) is 19.6 Å². The van der Waals surface area contributed by atoms with E-state index in [1.54, 1.807) is 17.0 Å². The predicted octanol–water partition coefficient (Wildman–Crippen LogP) is 4.83. The van der Waals surface area contributed by atoms with Crippen LogP contribution in [-0.4, -0.2) is 58.3 Å². The molecule has 0 radical (unpaired) electrons. The van der Waals surface area contributed by atoms with Gasteiger partial charge < -0.3 is 20.2 Å². The lowest BCUT2D eigenvalue weighted by Gasteiger charge is -2.50. The van der Waals surface area contributed by atoms with Crippen LogP contribution in [0.3, 0.4) is 0 Å². The molecule has 7 nitrogen and oxygen atoms in total. The summed E-state index contributed by atoms with van der Waals surface area (Å²) in [5.41, 5.74) is 0.321. The second-order valence-electron chi connectivity index (χ2n) is 10.8. The lowest BCUT2D eigenvalue weighted by atomic mass is 9.65. The molecular weight excluding hydrogens is 546 g/mol. The molecule has 2 aromatic rings. The van der Waals surface area contributed by atoms with Crippen molar-refractivity contribution in [2.45, 2.75) is 75.3 Å². The molecular formula is C30H36BrN3O4. The number of aromatic hydroxyl groups is 1. The number of rotatable bonds is 8. The van der Waals surface area contributed by atoms with Crippen LogP contribution in [0.25, 0.3) is 0 Å². The van der Waals surface area contributed by atoms with Crippen LogP contribution >= 0.6 is 15.9 Å². The highest BCUT2D eigenvalue weighted by Gasteiger charge is 2.55. The Labute approximate surface area is 232 Å². The molecule has 8 heteroatoms. The Bertz CT molecular complexity index is 1180. The molecule has 2 heterocycles. The quantitative estimate of drug-likeness (QED) is 0.467. The van der Waals surface area contributed by atoms with Crippen molar-refractivity contribution in [3.8, 4) is 5.75 Å². The van der Waals surface area contributed by atoms with Crippen molar-refractivity contribution in [3.63, 3.8) is 0 Å². The molecule has 2 aliphatic heterocycles. The number of halogens is 1. The molecule has 0 spiro atoms. The fourth-order valence-corrected chi connectivity index (χ4v) is 6.97. The first kappa shape index (κ1) is 26.7. The third-order valence-electron chi connectivity index (χ3n) is 8.50. The second-order valence-corrected chi connectivity index (χ2v) is 11.7. The van der Waals surface area contributed by atoms with E-state index >= 15 is 0 Å². The van der Waals surface area contributed by atoms with Gasteiger partial charge in [0.05, 0.1) is 11.5 Å². The van der Waals surface area contributed by atoms with Gasteiger partial charge in [0.25, 0.3) is 0 Å². The average molecular weight is 583 g/mol. The number of nitrogens with zero attached hydrogens (tertiary/aromatic N) is 2. The van der Waals surface area contributed by atoms with Crippen molar-refractivity contribution in [3.05, 3.63) is 64.1 Å². The number of piperidine rings is 1. The van der Waals surface area contributed by atoms with Crippen LogP contribution in [0.5, 0.6) is 5.75 Å². The van der Waals surface area contributed by atoms with Gasteiger partial charge in [-0.15, -0.1) is 0 Å². The van der Waals surface area contributed by atoms with E-state index < -0.39 is 11.5 Å². The summed E-state index contributed by atoms with van der Waals surface area (Å²) in [6.45, 7) is 1.72. The first-order valence-electron chi connectivity index (χ1n) is 13.8. The highest BCUT2D eigenvalue weighted by Crippen LogP contribution is 2.51. The summed E-state index contributed by atoms with van der Waals surface area (Å²) in [5.74, 6) is 0.0851. The highest BCUT2D eigenvalue weighted by atomic mass is 79.9. The number of carbonyl (C=O) groups is 3. The van der Waals surface area contributed by atoms with Crippen LogP contribution < -0.4 is 5.32 Å². The fraction of sp³-hybridized carbons (Fsp3) is 0.500. The van der Waals surface area contributed by atoms with E-state index in [9.17, 15) is 19.5 Å². The van der Waals surface area contributed by atoms with E-state index in [1.807, 2.05) is 41.3 Å². The Hall–Kier alpha value is -2.87. The molecule has 1 aliphatic carbocycles. The summed E-state index contributed by atoms with van der Waals surface area (Å²) in [5, 5.41) is 14.5. The summed E-state index contributed by atoms with van der Waals surface area (Å²) in [4.78, 5) is 43.8. The maximum atomic E-state index is 14.4. The first-order chi connectivity index (χ1) is 18.4. The van der Waals surface area contributed by atoms with Crippen LogP contribution in [0.15, 0.2) is 53.0 Å². The minimum Gasteiger partial charge on any atom is -0.508 e. The molecule has 3 aliphatic rings. The molecule has 3 amide bonds. The standard InChI is InChI=1S/C30H36BrN3O4/c31-22-13-14-25(35)24(20-22)28-30(21-8-2-1-3-9-21,29(38)32-23-10-4-5-11-23)16-15-27(37)34(28)19-7-18-33-17-6-12-26(33)36/h1-3,8-9,13-14,20,23,28,35H,4-7,10-12,15-19H2,(H,32,38). The number of phenols is 1. The van der Waals surface area contributed by atoms with Gasteiger partial charge in [-0.25, -0.2) is 0 Å². The van der Waals surface area contributed by atoms with Gasteiger partial charge in [-0.3, -0.25) is 14.4 Å². The van der Waals surface area contributed by atoms with Gasteiger partial charge in [0.15, 0.2) is 0 Å². The Morgan fingerprint density at radius 2 is 1.76 bits per heavy atom. The zero-order valence-corrected chi connectivity index (χ0v) is 23.3. The molecule has 2 unspecified atom stereocenters. The summed E-state index contributed by atoms with van der Waals surface area (Å²) in [6.07, 6.45) is 6.75. The van der Waals surface area contributed by atoms with E-state index in [-0.39, 0.29) is 35.9 Å². The molecule has 2 N–H and O–H groups in total. The lowest BCUT2D eigenvalue weighted by Crippen LogP contribution is -2.59. The SMILES string of the molecule is O=C1CCCN1CCCN1C(=O)CCC(C(=O)NC2CCCC2)(c2ccccc2)C1c1cc(Br)ccc1O. The number of benzene rings is 2. The van der Waals surface area contributed by atoms with E-state index in [4.69, 9.17) is 0 Å². The topological polar surface area (TPSA) is 90.0 Å². The maximum absolute atomic E-state index is 14.4. The lowest BCUT2D eigenvalue weighted by molar-refractivity contribution is -0.146. The molecule has 0 bridgehead atoms. The van der Waals surface area contributed by atoms with Gasteiger partial charge in [-0.1, -0.05) is 59.1 Å². The number of hydrogen-bond donors (Lipinski definition) is 2. The second kappa shape index (κ2) is 11.5. The van der Waals surface area contributed by atoms with Crippen LogP contribution in [-0.2, 0) is 19.8 Å². The van der Waals surface area contributed by atoms with Crippen molar-refractivity contribution in [1.29, 1.82) is 0 Å². The zero-order chi connectivity index (χ0) is 26.7. The summed E-state index contributed by atoms with van der Waals surface area (Å²) >= 11 is 3.54. The number of nitrogens with one attached hydrogen (secondary N) is 1. The Kier molecular flexibility index (Phi) is 8.07. The van der Waals surface area contributed by atoms with Crippen molar-refractivity contribution in [2.24, 2.45) is 0 Å². The maximum Gasteiger partial charge on any atom is 0.233 e. The summed E-state index contributed by atoms with van der Waals surface area (Å²) in [6, 6.07) is 14.3. The molecule has 3 fully saturated rings. The number of amides is 3. The van der Waals surface area contributed by atoms with Crippen molar-refractivity contribution < 1.29 is 19.5 Å². The molecule has 2 aromatic carbocycles. The van der Waals surface area contributed by atoms with Crippen LogP contribution in [0, 0.1) is 0 Å². The van der Waals surface area contributed by atoms with Gasteiger partial charge in [0.2, 0.25) is 17.7 Å². The molecule has 2 saturated heterocycles. The third-order valence-corrected chi connectivity index (χ3v) is 8.99. The average Bonchev–Trinajstić information content (AvgIpc) is 3.58.